The predicted molar refractivity (Wildman–Crippen MR) is 76.4 cm³/mol. The summed E-state index contributed by atoms with van der Waals surface area (Å²) in [4.78, 5) is 0.217. The number of nitrogens with one attached hydrogen (secondary N) is 1. The molecule has 5 nitrogen and oxygen atoms in total. The smallest absolute Gasteiger partial charge is 0.240 e. The lowest BCUT2D eigenvalue weighted by Gasteiger charge is -2.22. The van der Waals surface area contributed by atoms with Crippen molar-refractivity contribution < 1.29 is 18.3 Å². The Morgan fingerprint density at radius 3 is 2.90 bits per heavy atom. The van der Waals surface area contributed by atoms with Gasteiger partial charge in [0, 0.05) is 13.0 Å². The van der Waals surface area contributed by atoms with Gasteiger partial charge in [-0.3, -0.25) is 0 Å². The van der Waals surface area contributed by atoms with Crippen molar-refractivity contribution in [3.63, 3.8) is 0 Å². The van der Waals surface area contributed by atoms with Crippen LogP contribution in [0.4, 0.5) is 0 Å². The molecule has 2 N–H and O–H groups in total. The Morgan fingerprint density at radius 2 is 2.20 bits per heavy atom. The molecule has 0 aromatic heterocycles. The Morgan fingerprint density at radius 1 is 1.45 bits per heavy atom. The van der Waals surface area contributed by atoms with E-state index in [1.54, 1.807) is 19.1 Å². The fourth-order valence-electron chi connectivity index (χ4n) is 2.29. The lowest BCUT2D eigenvalue weighted by atomic mass is 10.0. The summed E-state index contributed by atoms with van der Waals surface area (Å²) in [7, 11) is -3.60. The number of sulfonamides is 1. The van der Waals surface area contributed by atoms with Gasteiger partial charge in [-0.1, -0.05) is 13.3 Å². The molecule has 0 spiro atoms. The van der Waals surface area contributed by atoms with Gasteiger partial charge in [-0.15, -0.1) is 0 Å². The second-order valence-corrected chi connectivity index (χ2v) is 7.21. The van der Waals surface area contributed by atoms with Gasteiger partial charge in [-0.05, 0) is 37.1 Å². The third-order valence-corrected chi connectivity index (χ3v) is 4.80. The molecule has 6 heteroatoms. The maximum absolute atomic E-state index is 12.2. The van der Waals surface area contributed by atoms with E-state index in [9.17, 15) is 13.5 Å². The Bertz CT molecular complexity index is 581. The van der Waals surface area contributed by atoms with E-state index in [2.05, 4.69) is 4.72 Å². The monoisotopic (exact) mass is 299 g/mol. The summed E-state index contributed by atoms with van der Waals surface area (Å²) in [5, 5.41) is 10.0. The van der Waals surface area contributed by atoms with Crippen molar-refractivity contribution in [1.82, 2.24) is 4.72 Å². The molecule has 0 radical (unpaired) electrons. The van der Waals surface area contributed by atoms with E-state index in [-0.39, 0.29) is 11.4 Å². The van der Waals surface area contributed by atoms with Crippen molar-refractivity contribution in [3.8, 4) is 5.75 Å². The molecule has 1 heterocycles. The first-order chi connectivity index (χ1) is 9.34. The Labute approximate surface area is 120 Å². The highest BCUT2D eigenvalue weighted by Crippen LogP contribution is 2.27. The van der Waals surface area contributed by atoms with Gasteiger partial charge < -0.3 is 9.84 Å². The molecule has 0 aliphatic carbocycles. The van der Waals surface area contributed by atoms with Gasteiger partial charge in [0.05, 0.1) is 17.1 Å². The fraction of sp³-hybridized carbons (Fsp3) is 0.571. The van der Waals surface area contributed by atoms with Gasteiger partial charge in [0.1, 0.15) is 5.75 Å². The molecule has 1 aliphatic rings. The maximum atomic E-state index is 12.2. The third-order valence-electron chi connectivity index (χ3n) is 3.40. The van der Waals surface area contributed by atoms with Crippen molar-refractivity contribution in [2.45, 2.75) is 43.6 Å². The van der Waals surface area contributed by atoms with Crippen LogP contribution in [-0.4, -0.2) is 32.3 Å². The Hall–Kier alpha value is -1.11. The van der Waals surface area contributed by atoms with Crippen LogP contribution in [0.15, 0.2) is 23.1 Å². The zero-order valence-electron chi connectivity index (χ0n) is 11.8. The van der Waals surface area contributed by atoms with Gasteiger partial charge in [-0.25, -0.2) is 13.1 Å². The lowest BCUT2D eigenvalue weighted by Crippen LogP contribution is -2.40. The Balaban J connectivity index is 2.11. The molecule has 0 fully saturated rings. The van der Waals surface area contributed by atoms with Gasteiger partial charge in [-0.2, -0.15) is 0 Å². The minimum atomic E-state index is -3.60. The van der Waals surface area contributed by atoms with Crippen LogP contribution in [0.2, 0.25) is 0 Å². The summed E-state index contributed by atoms with van der Waals surface area (Å²) in [6.07, 6.45) is 2.07. The second-order valence-electron chi connectivity index (χ2n) is 5.44. The average molecular weight is 299 g/mol. The highest BCUT2D eigenvalue weighted by atomic mass is 32.2. The molecular formula is C14H21NO4S. The van der Waals surface area contributed by atoms with E-state index in [4.69, 9.17) is 4.74 Å². The fourth-order valence-corrected chi connectivity index (χ4v) is 3.50. The van der Waals surface area contributed by atoms with Crippen LogP contribution in [0.5, 0.6) is 5.75 Å². The summed E-state index contributed by atoms with van der Waals surface area (Å²) < 4.78 is 32.3. The van der Waals surface area contributed by atoms with E-state index in [0.29, 0.717) is 13.0 Å². The first-order valence-corrected chi connectivity index (χ1v) is 8.30. The molecule has 1 aromatic rings. The number of hydrogen-bond donors (Lipinski definition) is 2. The lowest BCUT2D eigenvalue weighted by molar-refractivity contribution is 0.0554. The quantitative estimate of drug-likeness (QED) is 0.833. The van der Waals surface area contributed by atoms with E-state index in [0.717, 1.165) is 24.2 Å². The number of hydrogen-bond acceptors (Lipinski definition) is 4. The Kier molecular flexibility index (Phi) is 4.36. The number of fused-ring (bicyclic) bond motifs is 1. The number of aliphatic hydroxyl groups is 1. The molecule has 1 unspecified atom stereocenters. The van der Waals surface area contributed by atoms with Crippen LogP contribution in [0.25, 0.3) is 0 Å². The number of benzene rings is 1. The third kappa shape index (κ3) is 3.50. The van der Waals surface area contributed by atoms with E-state index >= 15 is 0 Å². The van der Waals surface area contributed by atoms with Gasteiger partial charge in [0.15, 0.2) is 0 Å². The van der Waals surface area contributed by atoms with Crippen LogP contribution in [0, 0.1) is 0 Å². The van der Waals surface area contributed by atoms with Gasteiger partial charge >= 0.3 is 0 Å². The normalized spacial score (nSPS) is 17.4. The van der Waals surface area contributed by atoms with Crippen molar-refractivity contribution >= 4 is 10.0 Å². The highest BCUT2D eigenvalue weighted by molar-refractivity contribution is 7.89. The summed E-state index contributed by atoms with van der Waals surface area (Å²) in [5.74, 6) is 0.752. The van der Waals surface area contributed by atoms with E-state index in [1.165, 1.54) is 6.07 Å². The van der Waals surface area contributed by atoms with Gasteiger partial charge in [0.2, 0.25) is 10.0 Å². The van der Waals surface area contributed by atoms with Crippen LogP contribution >= 0.6 is 0 Å². The van der Waals surface area contributed by atoms with E-state index in [1.807, 2.05) is 6.92 Å². The molecule has 0 bridgehead atoms. The van der Waals surface area contributed by atoms with Crippen LogP contribution in [0.3, 0.4) is 0 Å². The number of ether oxygens (including phenoxy) is 1. The standard InChI is InChI=1S/C14H21NO4S/c1-3-7-14(2,16)10-15-20(17,18)12-4-5-13-11(9-12)6-8-19-13/h4-5,9,15-16H,3,6-8,10H2,1-2H3. The topological polar surface area (TPSA) is 75.6 Å². The molecule has 1 atom stereocenters. The molecule has 0 amide bonds. The second kappa shape index (κ2) is 5.71. The minimum absolute atomic E-state index is 0.0107. The van der Waals surface area contributed by atoms with Crippen LogP contribution in [0.1, 0.15) is 32.3 Å². The van der Waals surface area contributed by atoms with Crippen molar-refractivity contribution in [3.05, 3.63) is 23.8 Å². The number of rotatable bonds is 6. The molecule has 1 aromatic carbocycles. The van der Waals surface area contributed by atoms with Crippen LogP contribution < -0.4 is 9.46 Å². The van der Waals surface area contributed by atoms with Crippen molar-refractivity contribution in [1.29, 1.82) is 0 Å². The molecular weight excluding hydrogens is 278 g/mol. The first-order valence-electron chi connectivity index (χ1n) is 6.82. The van der Waals surface area contributed by atoms with Crippen molar-refractivity contribution in [2.24, 2.45) is 0 Å². The molecule has 0 saturated carbocycles. The zero-order chi connectivity index (χ0) is 14.8. The largest absolute Gasteiger partial charge is 0.493 e. The molecule has 2 rings (SSSR count). The minimum Gasteiger partial charge on any atom is -0.493 e. The molecule has 0 saturated heterocycles. The predicted octanol–water partition coefficient (Wildman–Crippen LogP) is 1.45. The highest BCUT2D eigenvalue weighted by Gasteiger charge is 2.24. The molecule has 1 aliphatic heterocycles. The van der Waals surface area contributed by atoms with Gasteiger partial charge in [0.25, 0.3) is 0 Å². The van der Waals surface area contributed by atoms with E-state index < -0.39 is 15.6 Å². The zero-order valence-corrected chi connectivity index (χ0v) is 12.7. The summed E-state index contributed by atoms with van der Waals surface area (Å²) in [5.41, 5.74) is -0.116. The molecule has 112 valence electrons. The first kappa shape index (κ1) is 15.3. The van der Waals surface area contributed by atoms with Crippen LogP contribution in [-0.2, 0) is 16.4 Å². The SMILES string of the molecule is CCCC(C)(O)CNS(=O)(=O)c1ccc2c(c1)CCO2. The molecule has 20 heavy (non-hydrogen) atoms. The average Bonchev–Trinajstić information content (AvgIpc) is 2.84. The van der Waals surface area contributed by atoms with Crippen molar-refractivity contribution in [2.75, 3.05) is 13.2 Å². The maximum Gasteiger partial charge on any atom is 0.240 e. The summed E-state index contributed by atoms with van der Waals surface area (Å²) in [6, 6.07) is 4.85. The summed E-state index contributed by atoms with van der Waals surface area (Å²) in [6.45, 7) is 4.19. The summed E-state index contributed by atoms with van der Waals surface area (Å²) >= 11 is 0.